The van der Waals surface area contributed by atoms with Gasteiger partial charge in [0.25, 0.3) is 0 Å². The van der Waals surface area contributed by atoms with E-state index in [0.29, 0.717) is 19.6 Å². The average Bonchev–Trinajstić information content (AvgIpc) is 3.13. The molecule has 0 unspecified atom stereocenters. The van der Waals surface area contributed by atoms with Crippen molar-refractivity contribution >= 4 is 6.03 Å². The smallest absolute Gasteiger partial charge is 0.318 e. The van der Waals surface area contributed by atoms with Gasteiger partial charge in [0.05, 0.1) is 6.10 Å². The van der Waals surface area contributed by atoms with Gasteiger partial charge in [-0.15, -0.1) is 0 Å². The van der Waals surface area contributed by atoms with Crippen LogP contribution in [0.2, 0.25) is 0 Å². The summed E-state index contributed by atoms with van der Waals surface area (Å²) in [6, 6.07) is 9.88. The number of benzene rings is 1. The number of carbonyl (C=O) groups excluding carboxylic acids is 1. The molecule has 0 bridgehead atoms. The van der Waals surface area contributed by atoms with Gasteiger partial charge >= 0.3 is 6.03 Å². The highest BCUT2D eigenvalue weighted by Crippen LogP contribution is 2.16. The first kappa shape index (κ1) is 17.4. The number of rotatable bonds is 6. The number of amides is 2. The van der Waals surface area contributed by atoms with Gasteiger partial charge in [-0.3, -0.25) is 4.98 Å². The van der Waals surface area contributed by atoms with Crippen LogP contribution in [0.1, 0.15) is 24.0 Å². The maximum absolute atomic E-state index is 13.4. The highest BCUT2D eigenvalue weighted by atomic mass is 19.1. The predicted molar refractivity (Wildman–Crippen MR) is 92.3 cm³/mol. The first-order valence-electron chi connectivity index (χ1n) is 8.48. The number of aromatic nitrogens is 1. The molecule has 0 spiro atoms. The summed E-state index contributed by atoms with van der Waals surface area (Å²) in [4.78, 5) is 18.4. The molecule has 132 valence electrons. The molecule has 0 saturated carbocycles. The predicted octanol–water partition coefficient (Wildman–Crippen LogP) is 3.11. The number of nitrogens with one attached hydrogen (secondary N) is 1. The largest absolute Gasteiger partial charge is 0.376 e. The molecule has 1 aliphatic rings. The van der Waals surface area contributed by atoms with Gasteiger partial charge in [-0.05, 0) is 42.2 Å². The van der Waals surface area contributed by atoms with Crippen LogP contribution < -0.4 is 5.32 Å². The number of hydrogen-bond donors (Lipinski definition) is 1. The summed E-state index contributed by atoms with van der Waals surface area (Å²) in [5, 5.41) is 2.91. The fourth-order valence-corrected chi connectivity index (χ4v) is 2.90. The topological polar surface area (TPSA) is 54.5 Å². The third kappa shape index (κ3) is 5.26. The highest BCUT2D eigenvalue weighted by Gasteiger charge is 2.22. The molecule has 1 aromatic carbocycles. The molecule has 2 aromatic rings. The first-order valence-corrected chi connectivity index (χ1v) is 8.48. The minimum absolute atomic E-state index is 0.0395. The van der Waals surface area contributed by atoms with Crippen molar-refractivity contribution < 1.29 is 13.9 Å². The summed E-state index contributed by atoms with van der Waals surface area (Å²) in [6.07, 6.45) is 5.40. The fraction of sp³-hybridized carbons (Fsp3) is 0.368. The van der Waals surface area contributed by atoms with Gasteiger partial charge in [0.1, 0.15) is 5.82 Å². The Morgan fingerprint density at radius 1 is 1.32 bits per heavy atom. The van der Waals surface area contributed by atoms with Crippen LogP contribution in [-0.2, 0) is 17.8 Å². The van der Waals surface area contributed by atoms with E-state index in [1.54, 1.807) is 23.4 Å². The molecule has 0 radical (unpaired) electrons. The third-order valence-electron chi connectivity index (χ3n) is 4.16. The van der Waals surface area contributed by atoms with Crippen LogP contribution in [0.5, 0.6) is 0 Å². The second-order valence-corrected chi connectivity index (χ2v) is 6.17. The second-order valence-electron chi connectivity index (χ2n) is 6.17. The van der Waals surface area contributed by atoms with Crippen LogP contribution >= 0.6 is 0 Å². The van der Waals surface area contributed by atoms with Crippen LogP contribution in [0.25, 0.3) is 0 Å². The van der Waals surface area contributed by atoms with Gasteiger partial charge in [0.15, 0.2) is 0 Å². The van der Waals surface area contributed by atoms with E-state index in [4.69, 9.17) is 4.74 Å². The molecule has 0 aliphatic carbocycles. The summed E-state index contributed by atoms with van der Waals surface area (Å²) in [6.45, 7) is 1.97. The second kappa shape index (κ2) is 8.58. The maximum Gasteiger partial charge on any atom is 0.318 e. The first-order chi connectivity index (χ1) is 12.2. The zero-order valence-electron chi connectivity index (χ0n) is 14.0. The van der Waals surface area contributed by atoms with Crippen molar-refractivity contribution in [2.75, 3.05) is 13.2 Å². The zero-order chi connectivity index (χ0) is 17.5. The number of halogens is 1. The zero-order valence-corrected chi connectivity index (χ0v) is 14.0. The Morgan fingerprint density at radius 3 is 2.92 bits per heavy atom. The lowest BCUT2D eigenvalue weighted by atomic mass is 10.2. The Bertz CT molecular complexity index is 690. The summed E-state index contributed by atoms with van der Waals surface area (Å²) in [7, 11) is 0. The molecule has 25 heavy (non-hydrogen) atoms. The van der Waals surface area contributed by atoms with E-state index < -0.39 is 0 Å². The minimum atomic E-state index is -0.301. The molecule has 2 amide bonds. The van der Waals surface area contributed by atoms with Gasteiger partial charge in [-0.1, -0.05) is 18.2 Å². The Balaban J connectivity index is 1.64. The molecule has 2 heterocycles. The van der Waals surface area contributed by atoms with Crippen LogP contribution in [0.3, 0.4) is 0 Å². The van der Waals surface area contributed by atoms with E-state index in [-0.39, 0.29) is 18.0 Å². The molecule has 1 saturated heterocycles. The Kier molecular flexibility index (Phi) is 5.95. The monoisotopic (exact) mass is 343 g/mol. The third-order valence-corrected chi connectivity index (χ3v) is 4.16. The molecule has 1 aliphatic heterocycles. The molecule has 3 rings (SSSR count). The molecular weight excluding hydrogens is 321 g/mol. The quantitative estimate of drug-likeness (QED) is 0.877. The van der Waals surface area contributed by atoms with E-state index >= 15 is 0 Å². The van der Waals surface area contributed by atoms with Crippen molar-refractivity contribution in [3.63, 3.8) is 0 Å². The minimum Gasteiger partial charge on any atom is -0.376 e. The number of carbonyl (C=O) groups is 1. The van der Waals surface area contributed by atoms with Gasteiger partial charge in [0, 0.05) is 38.6 Å². The Morgan fingerprint density at radius 2 is 2.20 bits per heavy atom. The lowest BCUT2D eigenvalue weighted by Crippen LogP contribution is -2.43. The molecule has 5 nitrogen and oxygen atoms in total. The van der Waals surface area contributed by atoms with Gasteiger partial charge in [0.2, 0.25) is 0 Å². The van der Waals surface area contributed by atoms with Crippen LogP contribution in [0.4, 0.5) is 9.18 Å². The molecule has 1 aromatic heterocycles. The summed E-state index contributed by atoms with van der Waals surface area (Å²) < 4.78 is 19.1. The van der Waals surface area contributed by atoms with Crippen LogP contribution in [0, 0.1) is 5.82 Å². The molecule has 1 atom stereocenters. The number of nitrogens with zero attached hydrogens (tertiary/aromatic N) is 2. The molecular formula is C19H22FN3O2. The van der Waals surface area contributed by atoms with E-state index in [1.807, 2.05) is 18.2 Å². The lowest BCUT2D eigenvalue weighted by Gasteiger charge is -2.26. The van der Waals surface area contributed by atoms with Crippen molar-refractivity contribution in [2.45, 2.75) is 32.0 Å². The van der Waals surface area contributed by atoms with Crippen molar-refractivity contribution in [3.05, 3.63) is 65.7 Å². The Hall–Kier alpha value is -2.47. The van der Waals surface area contributed by atoms with Crippen LogP contribution in [-0.4, -0.2) is 35.2 Å². The van der Waals surface area contributed by atoms with Crippen molar-refractivity contribution in [3.8, 4) is 0 Å². The number of hydrogen-bond acceptors (Lipinski definition) is 3. The molecule has 6 heteroatoms. The summed E-state index contributed by atoms with van der Waals surface area (Å²) >= 11 is 0. The normalized spacial score (nSPS) is 16.6. The molecule has 1 fully saturated rings. The highest BCUT2D eigenvalue weighted by molar-refractivity contribution is 5.74. The standard InChI is InChI=1S/C19H22FN3O2/c20-17-6-1-4-15(10-17)13-23(14-18-7-3-9-25-18)19(24)22-12-16-5-2-8-21-11-16/h1-2,4-6,8,10-11,18H,3,7,9,12-14H2,(H,22,24)/t18-/m0/s1. The van der Waals surface area contributed by atoms with Crippen molar-refractivity contribution in [1.82, 2.24) is 15.2 Å². The summed E-state index contributed by atoms with van der Waals surface area (Å²) in [5.41, 5.74) is 1.69. The number of pyridine rings is 1. The van der Waals surface area contributed by atoms with E-state index in [9.17, 15) is 9.18 Å². The van der Waals surface area contributed by atoms with E-state index in [0.717, 1.165) is 30.6 Å². The summed E-state index contributed by atoms with van der Waals surface area (Å²) in [5.74, 6) is -0.301. The van der Waals surface area contributed by atoms with Gasteiger partial charge < -0.3 is 15.0 Å². The maximum atomic E-state index is 13.4. The van der Waals surface area contributed by atoms with Gasteiger partial charge in [-0.25, -0.2) is 9.18 Å². The van der Waals surface area contributed by atoms with Crippen molar-refractivity contribution in [2.24, 2.45) is 0 Å². The lowest BCUT2D eigenvalue weighted by molar-refractivity contribution is 0.0794. The van der Waals surface area contributed by atoms with E-state index in [1.165, 1.54) is 12.1 Å². The number of ether oxygens (including phenoxy) is 1. The van der Waals surface area contributed by atoms with Crippen molar-refractivity contribution in [1.29, 1.82) is 0 Å². The van der Waals surface area contributed by atoms with Gasteiger partial charge in [-0.2, -0.15) is 0 Å². The Labute approximate surface area is 146 Å². The SMILES string of the molecule is O=C(NCc1cccnc1)N(Cc1cccc(F)c1)C[C@@H]1CCCO1. The fourth-order valence-electron chi connectivity index (χ4n) is 2.90. The average molecular weight is 343 g/mol. The van der Waals surface area contributed by atoms with E-state index in [2.05, 4.69) is 10.3 Å². The molecule has 1 N–H and O–H groups in total. The van der Waals surface area contributed by atoms with Crippen LogP contribution in [0.15, 0.2) is 48.8 Å². The number of urea groups is 1.